The molecule has 0 spiro atoms. The molecule has 33 heavy (non-hydrogen) atoms. The number of benzene rings is 1. The molecule has 0 radical (unpaired) electrons. The molecule has 176 valence electrons. The second kappa shape index (κ2) is 8.88. The molecule has 2 heterocycles. The number of carbonyl (C=O) groups is 1. The number of piperidine rings is 1. The van der Waals surface area contributed by atoms with E-state index in [4.69, 9.17) is 5.26 Å². The second-order valence-corrected chi connectivity index (χ2v) is 8.10. The molecular formula is C21H20F5N4O3+. The minimum absolute atomic E-state index is 0.171. The SMILES string of the molecule is Cc1c(CC(=O)N[C@H](C)C2C(F)CC(C#N)C[N+]2=O)c(=O)[nH]c2ccc(F)c(C(F)(F)F)c12. The molecule has 1 fully saturated rings. The summed E-state index contributed by atoms with van der Waals surface area (Å²) >= 11 is 0. The van der Waals surface area contributed by atoms with Crippen LogP contribution in [0, 0.1) is 34.9 Å². The molecule has 1 aliphatic heterocycles. The maximum absolute atomic E-state index is 14.4. The van der Waals surface area contributed by atoms with Gasteiger partial charge < -0.3 is 10.3 Å². The first kappa shape index (κ1) is 24.3. The number of hydrogen-bond acceptors (Lipinski definition) is 4. The van der Waals surface area contributed by atoms with Gasteiger partial charge in [-0.05, 0) is 31.5 Å². The van der Waals surface area contributed by atoms with E-state index in [1.54, 1.807) is 0 Å². The number of nitriles is 1. The van der Waals surface area contributed by atoms with Crippen molar-refractivity contribution in [3.05, 3.63) is 49.9 Å². The molecule has 1 aromatic carbocycles. The monoisotopic (exact) mass is 471 g/mol. The predicted octanol–water partition coefficient (Wildman–Crippen LogP) is 3.07. The third-order valence-electron chi connectivity index (χ3n) is 5.82. The van der Waals surface area contributed by atoms with Crippen LogP contribution >= 0.6 is 0 Å². The van der Waals surface area contributed by atoms with Crippen molar-refractivity contribution in [1.29, 1.82) is 5.26 Å². The number of nitroso groups, excluding NO2 is 1. The first-order valence-electron chi connectivity index (χ1n) is 10.0. The molecule has 0 bridgehead atoms. The summed E-state index contributed by atoms with van der Waals surface area (Å²) in [6.07, 6.45) is -7.57. The number of rotatable bonds is 4. The Kier molecular flexibility index (Phi) is 6.53. The number of fused-ring (bicyclic) bond motifs is 1. The maximum atomic E-state index is 14.4. The molecule has 0 saturated carbocycles. The van der Waals surface area contributed by atoms with E-state index in [0.717, 1.165) is 6.07 Å². The van der Waals surface area contributed by atoms with Gasteiger partial charge in [-0.3, -0.25) is 9.59 Å². The zero-order valence-electron chi connectivity index (χ0n) is 17.6. The fourth-order valence-corrected chi connectivity index (χ4v) is 4.29. The molecular weight excluding hydrogens is 451 g/mol. The highest BCUT2D eigenvalue weighted by Gasteiger charge is 2.47. The highest BCUT2D eigenvalue weighted by molar-refractivity contribution is 5.89. The molecule has 1 saturated heterocycles. The summed E-state index contributed by atoms with van der Waals surface area (Å²) in [5.74, 6) is -3.13. The minimum atomic E-state index is -5.05. The summed E-state index contributed by atoms with van der Waals surface area (Å²) in [6, 6.07) is 1.16. The quantitative estimate of drug-likeness (QED) is 0.528. The number of hydrogen-bond donors (Lipinski definition) is 2. The average molecular weight is 471 g/mol. The van der Waals surface area contributed by atoms with E-state index in [0.29, 0.717) is 10.8 Å². The van der Waals surface area contributed by atoms with Crippen LogP contribution in [0.25, 0.3) is 10.9 Å². The molecule has 4 atom stereocenters. The van der Waals surface area contributed by atoms with Crippen molar-refractivity contribution in [2.24, 2.45) is 5.92 Å². The molecule has 2 aromatic rings. The van der Waals surface area contributed by atoms with E-state index in [9.17, 15) is 36.4 Å². The summed E-state index contributed by atoms with van der Waals surface area (Å²) in [6.45, 7) is 2.33. The zero-order valence-corrected chi connectivity index (χ0v) is 17.6. The van der Waals surface area contributed by atoms with Crippen LogP contribution in [0.4, 0.5) is 22.0 Å². The number of H-pyrrole nitrogens is 1. The van der Waals surface area contributed by atoms with Crippen LogP contribution < -0.4 is 10.9 Å². The van der Waals surface area contributed by atoms with Crippen LogP contribution in [0.2, 0.25) is 0 Å². The Morgan fingerprint density at radius 1 is 1.39 bits per heavy atom. The zero-order chi connectivity index (χ0) is 24.7. The van der Waals surface area contributed by atoms with Gasteiger partial charge in [0.1, 0.15) is 17.3 Å². The summed E-state index contributed by atoms with van der Waals surface area (Å²) < 4.78 is 69.2. The van der Waals surface area contributed by atoms with E-state index in [-0.39, 0.29) is 29.6 Å². The molecule has 3 rings (SSSR count). The number of carbonyl (C=O) groups excluding carboxylic acids is 1. The highest BCUT2D eigenvalue weighted by Crippen LogP contribution is 2.38. The first-order chi connectivity index (χ1) is 15.3. The lowest BCUT2D eigenvalue weighted by molar-refractivity contribution is -0.610. The summed E-state index contributed by atoms with van der Waals surface area (Å²) in [5, 5.41) is 10.7. The van der Waals surface area contributed by atoms with Crippen molar-refractivity contribution in [2.75, 3.05) is 6.54 Å². The molecule has 1 aromatic heterocycles. The molecule has 1 aliphatic rings. The van der Waals surface area contributed by atoms with Gasteiger partial charge in [-0.25, -0.2) is 8.78 Å². The Bertz CT molecular complexity index is 1220. The second-order valence-electron chi connectivity index (χ2n) is 8.10. The lowest BCUT2D eigenvalue weighted by Crippen LogP contribution is -2.55. The summed E-state index contributed by atoms with van der Waals surface area (Å²) in [4.78, 5) is 39.4. The van der Waals surface area contributed by atoms with Gasteiger partial charge in [-0.2, -0.15) is 18.4 Å². The number of aromatic amines is 1. The van der Waals surface area contributed by atoms with Crippen LogP contribution in [0.3, 0.4) is 0 Å². The van der Waals surface area contributed by atoms with E-state index < -0.39 is 65.0 Å². The number of aryl methyl sites for hydroxylation is 1. The number of alkyl halides is 4. The van der Waals surface area contributed by atoms with Gasteiger partial charge in [-0.1, -0.05) is 0 Å². The van der Waals surface area contributed by atoms with E-state index >= 15 is 0 Å². The largest absolute Gasteiger partial charge is 0.419 e. The number of pyridine rings is 1. The van der Waals surface area contributed by atoms with Crippen molar-refractivity contribution in [3.63, 3.8) is 0 Å². The Labute approximate surface area is 184 Å². The van der Waals surface area contributed by atoms with Gasteiger partial charge in [0.15, 0.2) is 6.17 Å². The standard InChI is InChI=1S/C21H19F5N4O3/c1-9-12(20(32)29-15-4-3-13(22)18(17(9)15)21(24,25)26)6-16(31)28-10(2)19-14(23)5-11(7-27)8-30(19)33/h3-4,10-11,14,19H,5-6,8H2,1-2H3,(H-,28,29,31,32)/p+1/t10-,11?,14?,19?/m1/s1. The summed E-state index contributed by atoms with van der Waals surface area (Å²) in [7, 11) is 0. The van der Waals surface area contributed by atoms with E-state index in [2.05, 4.69) is 10.3 Å². The van der Waals surface area contributed by atoms with Crippen molar-refractivity contribution < 1.29 is 31.5 Å². The molecule has 12 heteroatoms. The van der Waals surface area contributed by atoms with Crippen LogP contribution in [-0.4, -0.2) is 40.5 Å². The number of aromatic nitrogens is 1. The Morgan fingerprint density at radius 2 is 2.06 bits per heavy atom. The molecule has 0 aliphatic carbocycles. The van der Waals surface area contributed by atoms with Gasteiger partial charge in [0.05, 0.1) is 18.5 Å². The van der Waals surface area contributed by atoms with Crippen molar-refractivity contribution in [1.82, 2.24) is 10.3 Å². The topological polar surface area (TPSA) is 106 Å². The Hall–Kier alpha value is -3.36. The third kappa shape index (κ3) is 4.72. The third-order valence-corrected chi connectivity index (χ3v) is 5.82. The van der Waals surface area contributed by atoms with E-state index in [1.807, 2.05) is 6.07 Å². The fourth-order valence-electron chi connectivity index (χ4n) is 4.29. The smallest absolute Gasteiger partial charge is 0.346 e. The molecule has 2 N–H and O–H groups in total. The molecule has 7 nitrogen and oxygen atoms in total. The lowest BCUT2D eigenvalue weighted by atomic mass is 9.90. The summed E-state index contributed by atoms with van der Waals surface area (Å²) in [5.41, 5.74) is -3.15. The first-order valence-corrected chi connectivity index (χ1v) is 10.0. The van der Waals surface area contributed by atoms with Crippen molar-refractivity contribution in [2.45, 2.75) is 51.1 Å². The molecule has 3 unspecified atom stereocenters. The predicted molar refractivity (Wildman–Crippen MR) is 106 cm³/mol. The van der Waals surface area contributed by atoms with Crippen LogP contribution in [0.15, 0.2) is 16.9 Å². The van der Waals surface area contributed by atoms with Crippen molar-refractivity contribution in [3.8, 4) is 6.07 Å². The average Bonchev–Trinajstić information content (AvgIpc) is 2.69. The fraction of sp³-hybridized carbons (Fsp3) is 0.476. The normalized spacial score (nSPS) is 22.1. The number of nitrogens with zero attached hydrogens (tertiary/aromatic N) is 2. The van der Waals surface area contributed by atoms with Gasteiger partial charge in [0.25, 0.3) is 11.6 Å². The highest BCUT2D eigenvalue weighted by atomic mass is 19.4. The van der Waals surface area contributed by atoms with Gasteiger partial charge in [0.2, 0.25) is 12.5 Å². The number of halogens is 5. The maximum Gasteiger partial charge on any atom is 0.419 e. The van der Waals surface area contributed by atoms with Crippen LogP contribution in [-0.2, 0) is 17.4 Å². The molecule has 1 amide bonds. The van der Waals surface area contributed by atoms with Crippen molar-refractivity contribution >= 4 is 16.8 Å². The van der Waals surface area contributed by atoms with Crippen LogP contribution in [0.5, 0.6) is 0 Å². The lowest BCUT2D eigenvalue weighted by Gasteiger charge is -2.26. The van der Waals surface area contributed by atoms with Gasteiger partial charge in [0, 0.05) is 32.6 Å². The van der Waals surface area contributed by atoms with E-state index in [1.165, 1.54) is 13.8 Å². The van der Waals surface area contributed by atoms with Crippen LogP contribution in [0.1, 0.15) is 30.0 Å². The number of amides is 1. The number of nitrogens with one attached hydrogen (secondary N) is 2. The Morgan fingerprint density at radius 3 is 2.64 bits per heavy atom. The van der Waals surface area contributed by atoms with Gasteiger partial charge in [-0.15, -0.1) is 0 Å². The van der Waals surface area contributed by atoms with Gasteiger partial charge >= 0.3 is 6.18 Å². The minimum Gasteiger partial charge on any atom is -0.346 e. The Balaban J connectivity index is 1.89.